The van der Waals surface area contributed by atoms with Crippen LogP contribution in [0.1, 0.15) is 11.6 Å². The van der Waals surface area contributed by atoms with Crippen LogP contribution in [0.2, 0.25) is 0 Å². The molecule has 2 heterocycles. The fraction of sp³-hybridized carbons (Fsp3) is 0.154. The van der Waals surface area contributed by atoms with Gasteiger partial charge in [0, 0.05) is 0 Å². The van der Waals surface area contributed by atoms with Gasteiger partial charge in [0.2, 0.25) is 5.95 Å². The van der Waals surface area contributed by atoms with Gasteiger partial charge in [0.1, 0.15) is 30.0 Å². The Morgan fingerprint density at radius 1 is 1.40 bits per heavy atom. The number of nitrogens with one attached hydrogen (secondary N) is 1. The minimum Gasteiger partial charge on any atom is -0.497 e. The highest BCUT2D eigenvalue weighted by atomic mass is 16.5. The second-order valence-corrected chi connectivity index (χ2v) is 4.27. The van der Waals surface area contributed by atoms with Gasteiger partial charge in [-0.2, -0.15) is 15.3 Å². The molecule has 0 radical (unpaired) electrons. The van der Waals surface area contributed by atoms with Crippen LogP contribution in [0.25, 0.3) is 0 Å². The molecule has 2 aromatic rings. The smallest absolute Gasteiger partial charge is 0.227 e. The number of fused-ring (bicyclic) bond motifs is 1. The molecule has 1 unspecified atom stereocenters. The fourth-order valence-electron chi connectivity index (χ4n) is 2.20. The second kappa shape index (κ2) is 4.59. The van der Waals surface area contributed by atoms with Gasteiger partial charge in [-0.05, 0) is 17.7 Å². The van der Waals surface area contributed by atoms with Gasteiger partial charge in [-0.25, -0.2) is 4.68 Å². The normalized spacial score (nSPS) is 17.1. The Balaban J connectivity index is 2.12. The Bertz CT molecular complexity index is 709. The third-order valence-electron chi connectivity index (χ3n) is 3.18. The van der Waals surface area contributed by atoms with Crippen LogP contribution in [-0.4, -0.2) is 21.9 Å². The van der Waals surface area contributed by atoms with Crippen molar-refractivity contribution in [1.82, 2.24) is 14.8 Å². The molecule has 1 aromatic heterocycles. The van der Waals surface area contributed by atoms with Crippen molar-refractivity contribution in [3.8, 4) is 11.8 Å². The summed E-state index contributed by atoms with van der Waals surface area (Å²) in [4.78, 5) is 4.08. The van der Waals surface area contributed by atoms with E-state index in [1.54, 1.807) is 11.8 Å². The average molecular weight is 268 g/mol. The van der Waals surface area contributed by atoms with E-state index in [0.717, 1.165) is 11.3 Å². The van der Waals surface area contributed by atoms with E-state index in [1.807, 2.05) is 24.3 Å². The predicted octanol–water partition coefficient (Wildman–Crippen LogP) is 0.995. The maximum Gasteiger partial charge on any atom is 0.227 e. The van der Waals surface area contributed by atoms with E-state index in [9.17, 15) is 5.26 Å². The monoisotopic (exact) mass is 268 g/mol. The number of allylic oxidation sites excluding steroid dienone is 1. The number of benzene rings is 1. The molecule has 3 N–H and O–H groups in total. The molecule has 0 aliphatic carbocycles. The van der Waals surface area contributed by atoms with Gasteiger partial charge in [0.15, 0.2) is 0 Å². The van der Waals surface area contributed by atoms with E-state index in [1.165, 1.54) is 6.33 Å². The lowest BCUT2D eigenvalue weighted by molar-refractivity contribution is 0.414. The van der Waals surface area contributed by atoms with Gasteiger partial charge < -0.3 is 15.8 Å². The quantitative estimate of drug-likeness (QED) is 0.842. The Hall–Kier alpha value is -3.01. The number of nitriles is 1. The summed E-state index contributed by atoms with van der Waals surface area (Å²) >= 11 is 0. The van der Waals surface area contributed by atoms with Crippen LogP contribution < -0.4 is 15.8 Å². The molecule has 3 rings (SSSR count). The second-order valence-electron chi connectivity index (χ2n) is 4.27. The summed E-state index contributed by atoms with van der Waals surface area (Å²) in [6, 6.07) is 9.17. The van der Waals surface area contributed by atoms with Crippen LogP contribution in [-0.2, 0) is 0 Å². The molecular formula is C13H12N6O. The Morgan fingerprint density at radius 2 is 2.15 bits per heavy atom. The predicted molar refractivity (Wildman–Crippen MR) is 71.6 cm³/mol. The lowest BCUT2D eigenvalue weighted by Crippen LogP contribution is -2.28. The summed E-state index contributed by atoms with van der Waals surface area (Å²) in [7, 11) is 1.60. The lowest BCUT2D eigenvalue weighted by atomic mass is 9.98. The molecule has 0 saturated heterocycles. The zero-order chi connectivity index (χ0) is 14.1. The number of rotatable bonds is 2. The molecule has 0 bridgehead atoms. The zero-order valence-corrected chi connectivity index (χ0v) is 10.7. The van der Waals surface area contributed by atoms with Crippen molar-refractivity contribution in [2.24, 2.45) is 5.73 Å². The molecule has 7 nitrogen and oxygen atoms in total. The minimum atomic E-state index is -0.385. The molecule has 0 spiro atoms. The SMILES string of the molecule is COc1ccc(C2C(C#N)=C(N)Nc3ncnn32)cc1. The van der Waals surface area contributed by atoms with Gasteiger partial charge in [-0.1, -0.05) is 12.1 Å². The van der Waals surface area contributed by atoms with E-state index < -0.39 is 0 Å². The topological polar surface area (TPSA) is 102 Å². The van der Waals surface area contributed by atoms with Crippen molar-refractivity contribution in [2.75, 3.05) is 12.4 Å². The first kappa shape index (κ1) is 12.0. The molecule has 0 amide bonds. The molecule has 20 heavy (non-hydrogen) atoms. The summed E-state index contributed by atoms with van der Waals surface area (Å²) < 4.78 is 6.77. The fourth-order valence-corrected chi connectivity index (χ4v) is 2.20. The van der Waals surface area contributed by atoms with Crippen molar-refractivity contribution in [1.29, 1.82) is 5.26 Å². The van der Waals surface area contributed by atoms with E-state index >= 15 is 0 Å². The van der Waals surface area contributed by atoms with Crippen molar-refractivity contribution >= 4 is 5.95 Å². The van der Waals surface area contributed by atoms with Gasteiger partial charge in [0.25, 0.3) is 0 Å². The van der Waals surface area contributed by atoms with Crippen LogP contribution in [0.4, 0.5) is 5.95 Å². The van der Waals surface area contributed by atoms with Crippen LogP contribution in [0, 0.1) is 11.3 Å². The minimum absolute atomic E-state index is 0.300. The number of ether oxygens (including phenoxy) is 1. The first-order valence-corrected chi connectivity index (χ1v) is 5.95. The molecule has 1 aliphatic rings. The number of nitrogens with two attached hydrogens (primary N) is 1. The number of hydrogen-bond acceptors (Lipinski definition) is 6. The Labute approximate surface area is 115 Å². The van der Waals surface area contributed by atoms with E-state index in [4.69, 9.17) is 10.5 Å². The third kappa shape index (κ3) is 1.75. The van der Waals surface area contributed by atoms with E-state index in [0.29, 0.717) is 17.3 Å². The Morgan fingerprint density at radius 3 is 2.80 bits per heavy atom. The maximum absolute atomic E-state index is 9.34. The average Bonchev–Trinajstić information content (AvgIpc) is 2.93. The zero-order valence-electron chi connectivity index (χ0n) is 10.7. The molecule has 0 fully saturated rings. The summed E-state index contributed by atoms with van der Waals surface area (Å²) in [5, 5.41) is 16.4. The lowest BCUT2D eigenvalue weighted by Gasteiger charge is -2.25. The van der Waals surface area contributed by atoms with Crippen molar-refractivity contribution < 1.29 is 4.74 Å². The number of aromatic nitrogens is 3. The maximum atomic E-state index is 9.34. The molecule has 1 aromatic carbocycles. The molecule has 7 heteroatoms. The van der Waals surface area contributed by atoms with Crippen molar-refractivity contribution in [3.05, 3.63) is 47.6 Å². The van der Waals surface area contributed by atoms with Crippen LogP contribution in [0.3, 0.4) is 0 Å². The number of hydrogen-bond donors (Lipinski definition) is 2. The summed E-state index contributed by atoms with van der Waals surface area (Å²) in [6.07, 6.45) is 1.42. The molecule has 100 valence electrons. The van der Waals surface area contributed by atoms with Crippen LogP contribution in [0.5, 0.6) is 5.75 Å². The van der Waals surface area contributed by atoms with Crippen molar-refractivity contribution in [2.45, 2.75) is 6.04 Å². The first-order chi connectivity index (χ1) is 9.74. The highest BCUT2D eigenvalue weighted by Gasteiger charge is 2.29. The molecular weight excluding hydrogens is 256 g/mol. The molecule has 1 aliphatic heterocycles. The van der Waals surface area contributed by atoms with Crippen molar-refractivity contribution in [3.63, 3.8) is 0 Å². The highest BCUT2D eigenvalue weighted by Crippen LogP contribution is 2.33. The van der Waals surface area contributed by atoms with Gasteiger partial charge >= 0.3 is 0 Å². The third-order valence-corrected chi connectivity index (χ3v) is 3.18. The van der Waals surface area contributed by atoms with Crippen LogP contribution >= 0.6 is 0 Å². The molecule has 1 atom stereocenters. The number of anilines is 1. The van der Waals surface area contributed by atoms with E-state index in [-0.39, 0.29) is 6.04 Å². The largest absolute Gasteiger partial charge is 0.497 e. The van der Waals surface area contributed by atoms with Gasteiger partial charge in [0.05, 0.1) is 12.7 Å². The Kier molecular flexibility index (Phi) is 2.76. The first-order valence-electron chi connectivity index (χ1n) is 5.95. The highest BCUT2D eigenvalue weighted by molar-refractivity contribution is 5.51. The summed E-state index contributed by atoms with van der Waals surface area (Å²) in [5.41, 5.74) is 7.19. The summed E-state index contributed by atoms with van der Waals surface area (Å²) in [5.74, 6) is 1.56. The standard InChI is InChI=1S/C13H12N6O/c1-20-9-4-2-8(3-5-9)11-10(6-14)12(15)18-13-16-7-17-19(11)13/h2-5,7,11H,15H2,1H3,(H,16,17,18). The van der Waals surface area contributed by atoms with Crippen LogP contribution in [0.15, 0.2) is 42.0 Å². The number of nitrogens with zero attached hydrogens (tertiary/aromatic N) is 4. The van der Waals surface area contributed by atoms with E-state index in [2.05, 4.69) is 21.5 Å². The summed E-state index contributed by atoms with van der Waals surface area (Å²) in [6.45, 7) is 0. The number of methoxy groups -OCH3 is 1. The van der Waals surface area contributed by atoms with Gasteiger partial charge in [-0.15, -0.1) is 0 Å². The molecule has 0 saturated carbocycles. The van der Waals surface area contributed by atoms with Gasteiger partial charge in [-0.3, -0.25) is 0 Å².